The van der Waals surface area contributed by atoms with Crippen LogP contribution in [0.1, 0.15) is 11.1 Å². The Morgan fingerprint density at radius 1 is 1.05 bits per heavy atom. The average Bonchev–Trinajstić information content (AvgIpc) is 2.52. The lowest BCUT2D eigenvalue weighted by Crippen LogP contribution is -1.99. The number of rotatable bonds is 6. The molecule has 0 amide bonds. The molecular formula is C17H16O4S. The van der Waals surface area contributed by atoms with E-state index < -0.39 is 9.84 Å². The number of carbonyl (C=O) groups is 1. The number of benzene rings is 2. The minimum absolute atomic E-state index is 0.122. The second-order valence-corrected chi connectivity index (χ2v) is 6.80. The van der Waals surface area contributed by atoms with Crippen molar-refractivity contribution >= 4 is 28.0 Å². The molecule has 0 aliphatic rings. The quantitative estimate of drug-likeness (QED) is 0.607. The summed E-state index contributed by atoms with van der Waals surface area (Å²) < 4.78 is 27.8. The highest BCUT2D eigenvalue weighted by molar-refractivity contribution is 7.90. The maximum atomic E-state index is 11.5. The zero-order valence-corrected chi connectivity index (χ0v) is 12.9. The van der Waals surface area contributed by atoms with Gasteiger partial charge in [0, 0.05) is 6.26 Å². The fourth-order valence-electron chi connectivity index (χ4n) is 2.00. The van der Waals surface area contributed by atoms with Crippen molar-refractivity contribution in [1.82, 2.24) is 0 Å². The topological polar surface area (TPSA) is 60.4 Å². The predicted octanol–water partition coefficient (Wildman–Crippen LogP) is 2.80. The van der Waals surface area contributed by atoms with Gasteiger partial charge in [-0.3, -0.25) is 4.79 Å². The van der Waals surface area contributed by atoms with Crippen LogP contribution in [0.2, 0.25) is 0 Å². The molecule has 2 rings (SSSR count). The maximum absolute atomic E-state index is 11.5. The summed E-state index contributed by atoms with van der Waals surface area (Å²) in [5.74, 6) is 0. The lowest BCUT2D eigenvalue weighted by molar-refractivity contribution is -0.127. The second kappa shape index (κ2) is 7.04. The molecule has 0 radical (unpaired) electrons. The average molecular weight is 316 g/mol. The Hall–Kier alpha value is -2.40. The van der Waals surface area contributed by atoms with Gasteiger partial charge in [0.15, 0.2) is 9.84 Å². The van der Waals surface area contributed by atoms with E-state index in [2.05, 4.69) is 0 Å². The van der Waals surface area contributed by atoms with E-state index in [0.717, 1.165) is 23.0 Å². The molecule has 22 heavy (non-hydrogen) atoms. The molecule has 114 valence electrons. The first-order valence-electron chi connectivity index (χ1n) is 6.62. The van der Waals surface area contributed by atoms with E-state index in [1.165, 1.54) is 0 Å². The molecule has 0 atom stereocenters. The first-order valence-corrected chi connectivity index (χ1v) is 8.51. The van der Waals surface area contributed by atoms with Crippen molar-refractivity contribution in [2.75, 3.05) is 12.9 Å². The van der Waals surface area contributed by atoms with Crippen molar-refractivity contribution in [1.29, 1.82) is 0 Å². The van der Waals surface area contributed by atoms with Gasteiger partial charge >= 0.3 is 0 Å². The fraction of sp³-hybridized carbons (Fsp3) is 0.118. The highest BCUT2D eigenvalue weighted by atomic mass is 32.2. The number of carbonyl (C=O) groups excluding carboxylic acids is 1. The molecule has 0 saturated heterocycles. The van der Waals surface area contributed by atoms with Crippen LogP contribution in [0.25, 0.3) is 11.6 Å². The summed E-state index contributed by atoms with van der Waals surface area (Å²) in [6.07, 6.45) is 3.07. The maximum Gasteiger partial charge on any atom is 0.293 e. The lowest BCUT2D eigenvalue weighted by atomic mass is 10.0. The highest BCUT2D eigenvalue weighted by Crippen LogP contribution is 2.20. The van der Waals surface area contributed by atoms with Crippen molar-refractivity contribution in [2.24, 2.45) is 0 Å². The first-order chi connectivity index (χ1) is 10.5. The Balaban J connectivity index is 2.37. The van der Waals surface area contributed by atoms with Crippen molar-refractivity contribution in [3.63, 3.8) is 0 Å². The first kappa shape index (κ1) is 16.0. The Bertz CT molecular complexity index is 760. The Morgan fingerprint density at radius 3 is 2.23 bits per heavy atom. The van der Waals surface area contributed by atoms with E-state index in [1.54, 1.807) is 24.3 Å². The summed E-state index contributed by atoms with van der Waals surface area (Å²) in [7, 11) is -3.23. The zero-order valence-electron chi connectivity index (χ0n) is 12.1. The summed E-state index contributed by atoms with van der Waals surface area (Å²) in [4.78, 5) is 10.7. The molecule has 0 N–H and O–H groups in total. The summed E-state index contributed by atoms with van der Waals surface area (Å²) in [5, 5.41) is 0. The third kappa shape index (κ3) is 4.30. The number of sulfone groups is 1. The molecule has 2 aromatic rings. The molecule has 2 aromatic carbocycles. The summed E-state index contributed by atoms with van der Waals surface area (Å²) in [6, 6.07) is 16.1. The van der Waals surface area contributed by atoms with Crippen LogP contribution in [0.15, 0.2) is 59.5 Å². The van der Waals surface area contributed by atoms with Crippen LogP contribution >= 0.6 is 0 Å². The van der Waals surface area contributed by atoms with E-state index in [4.69, 9.17) is 4.74 Å². The van der Waals surface area contributed by atoms with Gasteiger partial charge in [-0.25, -0.2) is 8.42 Å². The van der Waals surface area contributed by atoms with Crippen LogP contribution in [-0.2, 0) is 19.4 Å². The third-order valence-corrected chi connectivity index (χ3v) is 4.23. The normalized spacial score (nSPS) is 12.0. The van der Waals surface area contributed by atoms with E-state index in [0.29, 0.717) is 6.47 Å². The fourth-order valence-corrected chi connectivity index (χ4v) is 2.63. The molecule has 5 heteroatoms. The minimum Gasteiger partial charge on any atom is -0.463 e. The summed E-state index contributed by atoms with van der Waals surface area (Å²) in [5.41, 5.74) is 2.57. The summed E-state index contributed by atoms with van der Waals surface area (Å²) in [6.45, 7) is 0.514. The van der Waals surface area contributed by atoms with Crippen molar-refractivity contribution in [3.05, 3.63) is 65.7 Å². The molecule has 4 nitrogen and oxygen atoms in total. The van der Waals surface area contributed by atoms with Gasteiger partial charge in [0.2, 0.25) is 0 Å². The minimum atomic E-state index is -3.23. The van der Waals surface area contributed by atoms with Gasteiger partial charge in [-0.05, 0) is 34.9 Å². The molecule has 0 fully saturated rings. The van der Waals surface area contributed by atoms with E-state index in [-0.39, 0.29) is 11.5 Å². The largest absolute Gasteiger partial charge is 0.463 e. The molecule has 0 unspecified atom stereocenters. The van der Waals surface area contributed by atoms with Gasteiger partial charge in [0.1, 0.15) is 6.61 Å². The van der Waals surface area contributed by atoms with Crippen LogP contribution in [-0.4, -0.2) is 27.8 Å². The predicted molar refractivity (Wildman–Crippen MR) is 85.9 cm³/mol. The standard InChI is InChI=1S/C17H16O4S/c1-22(19,20)17-9-7-15(8-10-17)16(12-21-13-18)11-14-5-3-2-4-6-14/h2-11,13H,12H2,1H3/b16-11-. The van der Waals surface area contributed by atoms with Gasteiger partial charge in [-0.2, -0.15) is 0 Å². The SMILES string of the molecule is CS(=O)(=O)c1ccc(/C(=C\c2ccccc2)COC=O)cc1. The van der Waals surface area contributed by atoms with Crippen LogP contribution in [0.3, 0.4) is 0 Å². The second-order valence-electron chi connectivity index (χ2n) is 4.78. The van der Waals surface area contributed by atoms with Crippen LogP contribution in [0.5, 0.6) is 0 Å². The number of hydrogen-bond acceptors (Lipinski definition) is 4. The van der Waals surface area contributed by atoms with E-state index >= 15 is 0 Å². The molecule has 0 aromatic heterocycles. The molecule has 0 aliphatic heterocycles. The van der Waals surface area contributed by atoms with E-state index in [9.17, 15) is 13.2 Å². The van der Waals surface area contributed by atoms with Crippen molar-refractivity contribution in [2.45, 2.75) is 4.90 Å². The molecule has 0 saturated carbocycles. The highest BCUT2D eigenvalue weighted by Gasteiger charge is 2.08. The lowest BCUT2D eigenvalue weighted by Gasteiger charge is -2.08. The molecule has 0 bridgehead atoms. The zero-order chi connectivity index (χ0) is 16.0. The smallest absolute Gasteiger partial charge is 0.293 e. The van der Waals surface area contributed by atoms with Crippen molar-refractivity contribution in [3.8, 4) is 0 Å². The van der Waals surface area contributed by atoms with Gasteiger partial charge in [-0.1, -0.05) is 42.5 Å². The molecule has 0 aliphatic carbocycles. The Morgan fingerprint density at radius 2 is 1.68 bits per heavy atom. The van der Waals surface area contributed by atoms with Crippen LogP contribution < -0.4 is 0 Å². The Kier molecular flexibility index (Phi) is 5.12. The number of hydrogen-bond donors (Lipinski definition) is 0. The van der Waals surface area contributed by atoms with Gasteiger partial charge < -0.3 is 4.74 Å². The molecule has 0 heterocycles. The molecular weight excluding hydrogens is 300 g/mol. The van der Waals surface area contributed by atoms with Crippen molar-refractivity contribution < 1.29 is 17.9 Å². The van der Waals surface area contributed by atoms with Gasteiger partial charge in [0.05, 0.1) is 4.90 Å². The monoisotopic (exact) mass is 316 g/mol. The van der Waals surface area contributed by atoms with E-state index in [1.807, 2.05) is 36.4 Å². The molecule has 0 spiro atoms. The summed E-state index contributed by atoms with van der Waals surface area (Å²) >= 11 is 0. The van der Waals surface area contributed by atoms with Crippen LogP contribution in [0, 0.1) is 0 Å². The Labute approximate surface area is 130 Å². The van der Waals surface area contributed by atoms with Gasteiger partial charge in [0.25, 0.3) is 6.47 Å². The van der Waals surface area contributed by atoms with Gasteiger partial charge in [-0.15, -0.1) is 0 Å². The third-order valence-electron chi connectivity index (χ3n) is 3.10. The van der Waals surface area contributed by atoms with Crippen LogP contribution in [0.4, 0.5) is 0 Å². The number of ether oxygens (including phenoxy) is 1.